The number of Topliss-reactive ketones (excluding diaryl/α,β-unsaturated/α-hetero) is 1. The van der Waals surface area contributed by atoms with E-state index in [1.165, 1.54) is 49.6 Å². The maximum absolute atomic E-state index is 13.0. The minimum Gasteiger partial charge on any atom is -0.364 e. The van der Waals surface area contributed by atoms with Crippen LogP contribution in [0, 0.1) is 0 Å². The summed E-state index contributed by atoms with van der Waals surface area (Å²) < 4.78 is 7.26. The number of likely N-dealkylation sites (N-methyl/N-ethyl adjacent to an activating group) is 1. The summed E-state index contributed by atoms with van der Waals surface area (Å²) in [4.78, 5) is 77.5. The van der Waals surface area contributed by atoms with Gasteiger partial charge < -0.3 is 35.1 Å². The highest BCUT2D eigenvalue weighted by Crippen LogP contribution is 2.07. The molecule has 35 heavy (non-hydrogen) atoms. The van der Waals surface area contributed by atoms with Gasteiger partial charge in [0.05, 0.1) is 12.5 Å². The number of rotatable bonds is 12. The van der Waals surface area contributed by atoms with Crippen molar-refractivity contribution < 1.29 is 28.7 Å². The van der Waals surface area contributed by atoms with E-state index in [0.717, 1.165) is 4.57 Å². The number of hydrogen-bond donors (Lipinski definition) is 4. The fraction of sp³-hybridized carbons (Fsp3) is 0.381. The van der Waals surface area contributed by atoms with E-state index in [2.05, 4.69) is 26.3 Å². The standard InChI is InChI=1S/C21H27N7O7/c1-22-20(33)16(29)7-6-13(25-19(32)15-9-23-11-27(15)2)18(31)26-14-5-4-8-28(21(14)34)10-17(30)24-12-35-3/h4-5,8-9,11,13H,6-7,10,12H2,1-3H3,(H,22,33)(H,24,30)(H,25,32)(H,26,31)/t13-/m0/s1. The molecule has 0 aliphatic rings. The van der Waals surface area contributed by atoms with Crippen LogP contribution in [0.4, 0.5) is 5.69 Å². The van der Waals surface area contributed by atoms with Gasteiger partial charge in [-0.2, -0.15) is 0 Å². The Labute approximate surface area is 200 Å². The summed E-state index contributed by atoms with van der Waals surface area (Å²) in [6, 6.07) is 1.53. The number of anilines is 1. The highest BCUT2D eigenvalue weighted by atomic mass is 16.5. The maximum atomic E-state index is 13.0. The third-order valence-electron chi connectivity index (χ3n) is 4.82. The summed E-state index contributed by atoms with van der Waals surface area (Å²) in [5.74, 6) is -3.52. The Morgan fingerprint density at radius 3 is 2.57 bits per heavy atom. The average molecular weight is 489 g/mol. The number of pyridine rings is 1. The summed E-state index contributed by atoms with van der Waals surface area (Å²) in [6.07, 6.45) is 3.52. The third-order valence-corrected chi connectivity index (χ3v) is 4.82. The molecule has 0 unspecified atom stereocenters. The molecule has 14 heteroatoms. The van der Waals surface area contributed by atoms with Gasteiger partial charge in [-0.1, -0.05) is 0 Å². The predicted molar refractivity (Wildman–Crippen MR) is 122 cm³/mol. The zero-order valence-corrected chi connectivity index (χ0v) is 19.5. The minimum absolute atomic E-state index is 0.0309. The van der Waals surface area contributed by atoms with E-state index in [4.69, 9.17) is 4.74 Å². The third kappa shape index (κ3) is 7.60. The lowest BCUT2D eigenvalue weighted by Gasteiger charge is -2.18. The molecule has 0 aliphatic heterocycles. The van der Waals surface area contributed by atoms with Gasteiger partial charge in [-0.3, -0.25) is 28.8 Å². The number of nitrogens with zero attached hydrogens (tertiary/aromatic N) is 3. The van der Waals surface area contributed by atoms with Crippen molar-refractivity contribution in [1.82, 2.24) is 30.1 Å². The van der Waals surface area contributed by atoms with Crippen molar-refractivity contribution >= 4 is 35.1 Å². The molecule has 0 radical (unpaired) electrons. The van der Waals surface area contributed by atoms with Gasteiger partial charge >= 0.3 is 0 Å². The van der Waals surface area contributed by atoms with Crippen molar-refractivity contribution in [3.05, 3.63) is 46.9 Å². The van der Waals surface area contributed by atoms with Crippen molar-refractivity contribution in [3.63, 3.8) is 0 Å². The molecule has 1 atom stereocenters. The number of methoxy groups -OCH3 is 1. The molecule has 0 fully saturated rings. The number of imidazole rings is 1. The van der Waals surface area contributed by atoms with E-state index in [1.807, 2.05) is 0 Å². The Bertz CT molecular complexity index is 1150. The van der Waals surface area contributed by atoms with Crippen LogP contribution in [0.15, 0.2) is 35.6 Å². The van der Waals surface area contributed by atoms with Gasteiger partial charge in [0, 0.05) is 33.8 Å². The zero-order chi connectivity index (χ0) is 26.0. The smallest absolute Gasteiger partial charge is 0.287 e. The molecule has 2 heterocycles. The van der Waals surface area contributed by atoms with Gasteiger partial charge in [0.25, 0.3) is 17.4 Å². The summed E-state index contributed by atoms with van der Waals surface area (Å²) in [7, 11) is 4.28. The first kappa shape index (κ1) is 26.9. The molecule has 0 aromatic carbocycles. The SMILES string of the molecule is CNC(=O)C(=O)CC[C@H](NC(=O)c1cncn1C)C(=O)Nc1cccn(CC(=O)NCOC)c1=O. The Morgan fingerprint density at radius 2 is 1.94 bits per heavy atom. The van der Waals surface area contributed by atoms with Gasteiger partial charge in [-0.25, -0.2) is 4.98 Å². The van der Waals surface area contributed by atoms with Crippen molar-refractivity contribution in [2.75, 3.05) is 26.2 Å². The number of carbonyl (C=O) groups is 5. The number of carbonyl (C=O) groups excluding carboxylic acids is 5. The Morgan fingerprint density at radius 1 is 1.20 bits per heavy atom. The number of ether oxygens (including phenoxy) is 1. The number of ketones is 1. The molecule has 2 aromatic rings. The van der Waals surface area contributed by atoms with E-state index in [0.29, 0.717) is 0 Å². The van der Waals surface area contributed by atoms with Gasteiger partial charge in [0.2, 0.25) is 17.6 Å². The number of hydrogen-bond acceptors (Lipinski definition) is 8. The second kappa shape index (κ2) is 12.8. The molecule has 4 N–H and O–H groups in total. The molecule has 0 aliphatic carbocycles. The second-order valence-corrected chi connectivity index (χ2v) is 7.33. The molecular weight excluding hydrogens is 462 g/mol. The van der Waals surface area contributed by atoms with Crippen molar-refractivity contribution in [3.8, 4) is 0 Å². The monoisotopic (exact) mass is 489 g/mol. The Hall–Kier alpha value is -4.33. The number of amides is 4. The van der Waals surface area contributed by atoms with Crippen LogP contribution in [0.3, 0.4) is 0 Å². The lowest BCUT2D eigenvalue weighted by molar-refractivity contribution is -0.137. The highest BCUT2D eigenvalue weighted by Gasteiger charge is 2.25. The molecule has 2 aromatic heterocycles. The van der Waals surface area contributed by atoms with Crippen molar-refractivity contribution in [2.24, 2.45) is 7.05 Å². The largest absolute Gasteiger partial charge is 0.364 e. The van der Waals surface area contributed by atoms with Gasteiger partial charge in [0.15, 0.2) is 0 Å². The van der Waals surface area contributed by atoms with Crippen LogP contribution in [0.5, 0.6) is 0 Å². The van der Waals surface area contributed by atoms with Crippen LogP contribution in [0.25, 0.3) is 0 Å². The lowest BCUT2D eigenvalue weighted by atomic mass is 10.1. The molecule has 2 rings (SSSR count). The first-order chi connectivity index (χ1) is 16.7. The molecule has 188 valence electrons. The van der Waals surface area contributed by atoms with E-state index in [1.54, 1.807) is 7.05 Å². The van der Waals surface area contributed by atoms with Gasteiger partial charge in [-0.05, 0) is 18.6 Å². The van der Waals surface area contributed by atoms with Crippen LogP contribution < -0.4 is 26.8 Å². The van der Waals surface area contributed by atoms with Gasteiger partial charge in [-0.15, -0.1) is 0 Å². The molecule has 4 amide bonds. The molecular formula is C21H27N7O7. The lowest BCUT2D eigenvalue weighted by Crippen LogP contribution is -2.45. The Balaban J connectivity index is 2.20. The number of aromatic nitrogens is 3. The summed E-state index contributed by atoms with van der Waals surface area (Å²) in [5.41, 5.74) is -0.648. The molecule has 0 saturated heterocycles. The van der Waals surface area contributed by atoms with Crippen molar-refractivity contribution in [1.29, 1.82) is 0 Å². The quantitative estimate of drug-likeness (QED) is 0.198. The predicted octanol–water partition coefficient (Wildman–Crippen LogP) is -1.87. The van der Waals surface area contributed by atoms with Crippen LogP contribution in [-0.2, 0) is 37.5 Å². The normalized spacial score (nSPS) is 11.3. The van der Waals surface area contributed by atoms with Gasteiger partial charge in [0.1, 0.15) is 30.7 Å². The molecule has 14 nitrogen and oxygen atoms in total. The second-order valence-electron chi connectivity index (χ2n) is 7.33. The first-order valence-electron chi connectivity index (χ1n) is 10.5. The summed E-state index contributed by atoms with van der Waals surface area (Å²) >= 11 is 0. The van der Waals surface area contributed by atoms with E-state index in [9.17, 15) is 28.8 Å². The molecule has 0 bridgehead atoms. The summed E-state index contributed by atoms with van der Waals surface area (Å²) in [6.45, 7) is -0.343. The van der Waals surface area contributed by atoms with Crippen LogP contribution >= 0.6 is 0 Å². The van der Waals surface area contributed by atoms with Crippen LogP contribution in [0.2, 0.25) is 0 Å². The zero-order valence-electron chi connectivity index (χ0n) is 19.5. The Kier molecular flexibility index (Phi) is 9.84. The van der Waals surface area contributed by atoms with Crippen molar-refractivity contribution in [2.45, 2.75) is 25.4 Å². The fourth-order valence-corrected chi connectivity index (χ4v) is 2.94. The molecule has 0 spiro atoms. The van der Waals surface area contributed by atoms with E-state index < -0.39 is 41.0 Å². The molecule has 0 saturated carbocycles. The van der Waals surface area contributed by atoms with Crippen LogP contribution in [-0.4, -0.2) is 70.5 Å². The average Bonchev–Trinajstić information content (AvgIpc) is 3.27. The number of nitrogens with one attached hydrogen (secondary N) is 4. The fourth-order valence-electron chi connectivity index (χ4n) is 2.94. The highest BCUT2D eigenvalue weighted by molar-refractivity contribution is 6.36. The maximum Gasteiger partial charge on any atom is 0.287 e. The summed E-state index contributed by atoms with van der Waals surface area (Å²) in [5, 5.41) is 9.56. The first-order valence-corrected chi connectivity index (χ1v) is 10.5. The van der Waals surface area contributed by atoms with E-state index >= 15 is 0 Å². The number of aryl methyl sites for hydroxylation is 1. The van der Waals surface area contributed by atoms with E-state index in [-0.39, 0.29) is 37.5 Å². The van der Waals surface area contributed by atoms with Crippen LogP contribution in [0.1, 0.15) is 23.3 Å². The minimum atomic E-state index is -1.26. The topological polar surface area (TPSA) is 183 Å².